The van der Waals surface area contributed by atoms with Crippen LogP contribution in [0, 0.1) is 13.8 Å². The molecule has 7 nitrogen and oxygen atoms in total. The first kappa shape index (κ1) is 20.3. The van der Waals surface area contributed by atoms with Crippen molar-refractivity contribution in [2.45, 2.75) is 27.3 Å². The number of nitrogens with zero attached hydrogens (tertiary/aromatic N) is 4. The smallest absolute Gasteiger partial charge is 0.335 e. The number of carboxylic acid groups (broad SMARTS) is 1. The molecule has 2 aromatic heterocycles. The summed E-state index contributed by atoms with van der Waals surface area (Å²) in [6.07, 6.45) is 3.72. The van der Waals surface area contributed by atoms with Crippen LogP contribution in [0.1, 0.15) is 40.1 Å². The van der Waals surface area contributed by atoms with Crippen molar-refractivity contribution < 1.29 is 9.90 Å². The summed E-state index contributed by atoms with van der Waals surface area (Å²) in [6, 6.07) is 13.4. The fourth-order valence-corrected chi connectivity index (χ4v) is 3.68. The van der Waals surface area contributed by atoms with Crippen molar-refractivity contribution in [2.75, 3.05) is 0 Å². The second kappa shape index (κ2) is 8.02. The summed E-state index contributed by atoms with van der Waals surface area (Å²) in [5.41, 5.74) is 4.01. The summed E-state index contributed by atoms with van der Waals surface area (Å²) in [5.74, 6) is -0.565. The van der Waals surface area contributed by atoms with Crippen LogP contribution >= 0.6 is 0 Å². The lowest BCUT2D eigenvalue weighted by atomic mass is 10.1. The summed E-state index contributed by atoms with van der Waals surface area (Å²) >= 11 is 0. The lowest BCUT2D eigenvalue weighted by Gasteiger charge is -2.12. The normalized spacial score (nSPS) is 11.5. The second-order valence-corrected chi connectivity index (χ2v) is 7.21. The number of hydrogen-bond donors (Lipinski definition) is 1. The van der Waals surface area contributed by atoms with Gasteiger partial charge in [0.2, 0.25) is 0 Å². The number of carbonyl (C=O) groups is 1. The van der Waals surface area contributed by atoms with Crippen LogP contribution in [0.3, 0.4) is 0 Å². The number of para-hydroxylation sites is 1. The Labute approximate surface area is 178 Å². The molecule has 0 spiro atoms. The number of aromatic nitrogens is 4. The van der Waals surface area contributed by atoms with Gasteiger partial charge in [-0.3, -0.25) is 14.0 Å². The molecule has 0 unspecified atom stereocenters. The highest BCUT2D eigenvalue weighted by Gasteiger charge is 2.13. The van der Waals surface area contributed by atoms with Gasteiger partial charge < -0.3 is 5.11 Å². The van der Waals surface area contributed by atoms with Gasteiger partial charge in [0.25, 0.3) is 5.56 Å². The lowest BCUT2D eigenvalue weighted by Crippen LogP contribution is -2.22. The number of fused-ring (bicyclic) bond motifs is 1. The average Bonchev–Trinajstić information content (AvgIpc) is 3.05. The van der Waals surface area contributed by atoms with Gasteiger partial charge in [-0.1, -0.05) is 12.1 Å². The number of aromatic carboxylic acids is 1. The van der Waals surface area contributed by atoms with Crippen LogP contribution in [0.25, 0.3) is 28.7 Å². The summed E-state index contributed by atoms with van der Waals surface area (Å²) in [4.78, 5) is 29.2. The zero-order valence-corrected chi connectivity index (χ0v) is 17.5. The van der Waals surface area contributed by atoms with E-state index in [0.29, 0.717) is 22.4 Å². The van der Waals surface area contributed by atoms with Crippen molar-refractivity contribution in [3.05, 3.63) is 87.2 Å². The van der Waals surface area contributed by atoms with E-state index in [4.69, 9.17) is 4.98 Å². The maximum atomic E-state index is 13.3. The predicted molar refractivity (Wildman–Crippen MR) is 121 cm³/mol. The van der Waals surface area contributed by atoms with E-state index in [1.807, 2.05) is 37.6 Å². The van der Waals surface area contributed by atoms with Gasteiger partial charge in [0.1, 0.15) is 5.82 Å². The Kier molecular flexibility index (Phi) is 5.25. The highest BCUT2D eigenvalue weighted by atomic mass is 16.4. The summed E-state index contributed by atoms with van der Waals surface area (Å²) in [5, 5.41) is 14.2. The monoisotopic (exact) mass is 414 g/mol. The molecule has 0 saturated carbocycles. The lowest BCUT2D eigenvalue weighted by molar-refractivity contribution is 0.0697. The Hall–Kier alpha value is -4.00. The van der Waals surface area contributed by atoms with Crippen LogP contribution < -0.4 is 5.56 Å². The number of hydrogen-bond acceptors (Lipinski definition) is 4. The third kappa shape index (κ3) is 3.66. The van der Waals surface area contributed by atoms with Crippen LogP contribution in [0.2, 0.25) is 0 Å². The highest BCUT2D eigenvalue weighted by Crippen LogP contribution is 2.19. The zero-order chi connectivity index (χ0) is 22.1. The van der Waals surface area contributed by atoms with Gasteiger partial charge in [-0.05, 0) is 69.3 Å². The number of rotatable bonds is 5. The predicted octanol–water partition coefficient (Wildman–Crippen LogP) is 4.09. The van der Waals surface area contributed by atoms with Crippen molar-refractivity contribution in [3.8, 4) is 5.69 Å². The molecule has 0 radical (unpaired) electrons. The standard InChI is InChI=1S/C24H22N4O3/c1-4-27-16(3)19(15(2)26-27)13-14-22-25-21-8-6-5-7-20(21)23(29)28(22)18-11-9-17(10-12-18)24(30)31/h5-14H,4H2,1-3H3,(H,30,31)/b14-13+. The van der Waals surface area contributed by atoms with Crippen LogP contribution in [0.15, 0.2) is 53.3 Å². The Morgan fingerprint density at radius 2 is 1.77 bits per heavy atom. The first-order valence-corrected chi connectivity index (χ1v) is 9.98. The van der Waals surface area contributed by atoms with Crippen LogP contribution in [0.5, 0.6) is 0 Å². The Bertz CT molecular complexity index is 1380. The van der Waals surface area contributed by atoms with Gasteiger partial charge in [-0.25, -0.2) is 9.78 Å². The van der Waals surface area contributed by atoms with E-state index in [2.05, 4.69) is 5.10 Å². The summed E-state index contributed by atoms with van der Waals surface area (Å²) in [6.45, 7) is 6.77. The molecule has 31 heavy (non-hydrogen) atoms. The maximum absolute atomic E-state index is 13.3. The average molecular weight is 414 g/mol. The number of carboxylic acids is 1. The topological polar surface area (TPSA) is 90.0 Å². The van der Waals surface area contributed by atoms with Crippen LogP contribution in [0.4, 0.5) is 0 Å². The molecule has 0 aliphatic carbocycles. The molecule has 4 aromatic rings. The van der Waals surface area contributed by atoms with E-state index in [-0.39, 0.29) is 11.1 Å². The molecule has 7 heteroatoms. The van der Waals surface area contributed by atoms with E-state index >= 15 is 0 Å². The fraction of sp³-hybridized carbons (Fsp3) is 0.167. The molecule has 0 fully saturated rings. The largest absolute Gasteiger partial charge is 0.478 e. The highest BCUT2D eigenvalue weighted by molar-refractivity contribution is 5.88. The van der Waals surface area contributed by atoms with Gasteiger partial charge in [-0.2, -0.15) is 5.10 Å². The second-order valence-electron chi connectivity index (χ2n) is 7.21. The van der Waals surface area contributed by atoms with Crippen molar-refractivity contribution in [1.29, 1.82) is 0 Å². The van der Waals surface area contributed by atoms with Crippen molar-refractivity contribution in [1.82, 2.24) is 19.3 Å². The van der Waals surface area contributed by atoms with Gasteiger partial charge in [0, 0.05) is 17.8 Å². The minimum atomic E-state index is -1.02. The van der Waals surface area contributed by atoms with E-state index < -0.39 is 5.97 Å². The molecule has 2 aromatic carbocycles. The van der Waals surface area contributed by atoms with Crippen LogP contribution in [-0.2, 0) is 6.54 Å². The Balaban J connectivity index is 1.92. The molecule has 2 heterocycles. The van der Waals surface area contributed by atoms with Gasteiger partial charge in [0.05, 0.1) is 27.8 Å². The fourth-order valence-electron chi connectivity index (χ4n) is 3.68. The first-order valence-electron chi connectivity index (χ1n) is 9.98. The molecule has 0 amide bonds. The molecular formula is C24H22N4O3. The van der Waals surface area contributed by atoms with E-state index in [9.17, 15) is 14.7 Å². The Morgan fingerprint density at radius 3 is 2.42 bits per heavy atom. The van der Waals surface area contributed by atoms with E-state index in [0.717, 1.165) is 23.5 Å². The van der Waals surface area contributed by atoms with Crippen molar-refractivity contribution in [3.63, 3.8) is 0 Å². The summed E-state index contributed by atoms with van der Waals surface area (Å²) in [7, 11) is 0. The maximum Gasteiger partial charge on any atom is 0.335 e. The van der Waals surface area contributed by atoms with Crippen molar-refractivity contribution in [2.24, 2.45) is 0 Å². The van der Waals surface area contributed by atoms with Gasteiger partial charge in [-0.15, -0.1) is 0 Å². The number of aryl methyl sites for hydroxylation is 2. The molecular weight excluding hydrogens is 392 g/mol. The molecule has 1 N–H and O–H groups in total. The minimum Gasteiger partial charge on any atom is -0.478 e. The SMILES string of the molecule is CCn1nc(C)c(/C=C/c2nc3ccccc3c(=O)n2-c2ccc(C(=O)O)cc2)c1C. The molecule has 156 valence electrons. The molecule has 0 aliphatic heterocycles. The third-order valence-electron chi connectivity index (χ3n) is 5.31. The molecule has 0 saturated heterocycles. The first-order chi connectivity index (χ1) is 14.9. The third-order valence-corrected chi connectivity index (χ3v) is 5.31. The summed E-state index contributed by atoms with van der Waals surface area (Å²) < 4.78 is 3.43. The Morgan fingerprint density at radius 1 is 1.06 bits per heavy atom. The van der Waals surface area contributed by atoms with Crippen LogP contribution in [-0.4, -0.2) is 30.4 Å². The minimum absolute atomic E-state index is 0.154. The molecule has 0 bridgehead atoms. The van der Waals surface area contributed by atoms with Gasteiger partial charge >= 0.3 is 5.97 Å². The number of benzene rings is 2. The zero-order valence-electron chi connectivity index (χ0n) is 17.5. The molecule has 0 aliphatic rings. The van der Waals surface area contributed by atoms with E-state index in [1.54, 1.807) is 36.4 Å². The van der Waals surface area contributed by atoms with E-state index in [1.165, 1.54) is 16.7 Å². The molecule has 4 rings (SSSR count). The molecule has 0 atom stereocenters. The van der Waals surface area contributed by atoms with Crippen molar-refractivity contribution >= 4 is 29.0 Å². The van der Waals surface area contributed by atoms with Gasteiger partial charge in [0.15, 0.2) is 0 Å². The quantitative estimate of drug-likeness (QED) is 0.531.